The van der Waals surface area contributed by atoms with Crippen molar-refractivity contribution < 1.29 is 9.53 Å². The van der Waals surface area contributed by atoms with E-state index in [4.69, 9.17) is 27.9 Å². The summed E-state index contributed by atoms with van der Waals surface area (Å²) in [6.07, 6.45) is 0. The molecular formula is C23H18Cl2N4O2. The minimum atomic E-state index is -0.466. The topological polar surface area (TPSA) is 69.0 Å². The fourth-order valence-electron chi connectivity index (χ4n) is 3.14. The van der Waals surface area contributed by atoms with Gasteiger partial charge in [0.05, 0.1) is 18.5 Å². The van der Waals surface area contributed by atoms with E-state index in [1.54, 1.807) is 41.1 Å². The first-order valence-electron chi connectivity index (χ1n) is 9.41. The largest absolute Gasteiger partial charge is 0.495 e. The fourth-order valence-corrected chi connectivity index (χ4v) is 3.50. The predicted molar refractivity (Wildman–Crippen MR) is 122 cm³/mol. The molecule has 1 aromatic heterocycles. The summed E-state index contributed by atoms with van der Waals surface area (Å²) >= 11 is 12.5. The molecule has 31 heavy (non-hydrogen) atoms. The maximum atomic E-state index is 13.0. The number of ether oxygens (including phenoxy) is 1. The first-order chi connectivity index (χ1) is 15.0. The monoisotopic (exact) mass is 452 g/mol. The van der Waals surface area contributed by atoms with E-state index in [1.165, 1.54) is 7.11 Å². The van der Waals surface area contributed by atoms with Crippen LogP contribution < -0.4 is 10.1 Å². The van der Waals surface area contributed by atoms with Crippen LogP contribution in [0.1, 0.15) is 16.2 Å². The average Bonchev–Trinajstić information content (AvgIpc) is 3.21. The minimum absolute atomic E-state index is 0.000238. The van der Waals surface area contributed by atoms with E-state index in [9.17, 15) is 4.79 Å². The Morgan fingerprint density at radius 2 is 1.81 bits per heavy atom. The highest BCUT2D eigenvalue weighted by Gasteiger charge is 2.21. The molecule has 6 nitrogen and oxygen atoms in total. The number of para-hydroxylation sites is 2. The lowest BCUT2D eigenvalue weighted by atomic mass is 10.1. The molecule has 0 aliphatic carbocycles. The van der Waals surface area contributed by atoms with Crippen LogP contribution in [0.2, 0.25) is 10.0 Å². The molecule has 0 bridgehead atoms. The third kappa shape index (κ3) is 4.26. The summed E-state index contributed by atoms with van der Waals surface area (Å²) < 4.78 is 6.90. The van der Waals surface area contributed by atoms with Crippen LogP contribution in [0, 0.1) is 6.92 Å². The van der Waals surface area contributed by atoms with Crippen molar-refractivity contribution >= 4 is 34.8 Å². The van der Waals surface area contributed by atoms with Crippen molar-refractivity contribution in [1.29, 1.82) is 0 Å². The highest BCUT2D eigenvalue weighted by Crippen LogP contribution is 2.29. The molecule has 0 spiro atoms. The zero-order valence-corrected chi connectivity index (χ0v) is 18.3. The molecule has 0 radical (unpaired) electrons. The Hall–Kier alpha value is -3.35. The van der Waals surface area contributed by atoms with Crippen LogP contribution in [0.15, 0.2) is 66.7 Å². The lowest BCUT2D eigenvalue weighted by Gasteiger charge is -2.10. The summed E-state index contributed by atoms with van der Waals surface area (Å²) in [4.78, 5) is 17.5. The van der Waals surface area contributed by atoms with Gasteiger partial charge in [0.15, 0.2) is 5.82 Å². The van der Waals surface area contributed by atoms with E-state index in [0.717, 1.165) is 11.1 Å². The Bertz CT molecular complexity index is 1270. The Kier molecular flexibility index (Phi) is 5.93. The van der Waals surface area contributed by atoms with Crippen molar-refractivity contribution in [2.24, 2.45) is 0 Å². The molecular weight excluding hydrogens is 435 g/mol. The normalized spacial score (nSPS) is 10.7. The highest BCUT2D eigenvalue weighted by atomic mass is 35.5. The lowest BCUT2D eigenvalue weighted by molar-refractivity contribution is 0.101. The second kappa shape index (κ2) is 8.79. The third-order valence-corrected chi connectivity index (χ3v) is 5.36. The second-order valence-electron chi connectivity index (χ2n) is 6.72. The second-order valence-corrected chi connectivity index (χ2v) is 7.56. The van der Waals surface area contributed by atoms with Gasteiger partial charge >= 0.3 is 0 Å². The van der Waals surface area contributed by atoms with Crippen LogP contribution in [0.4, 0.5) is 5.69 Å². The number of rotatable bonds is 5. The maximum Gasteiger partial charge on any atom is 0.295 e. The van der Waals surface area contributed by atoms with Gasteiger partial charge in [-0.3, -0.25) is 4.79 Å². The average molecular weight is 453 g/mol. The molecule has 1 heterocycles. The molecule has 0 atom stereocenters. The predicted octanol–water partition coefficient (Wildman–Crippen LogP) is 5.81. The number of hydrogen-bond acceptors (Lipinski definition) is 4. The quantitative estimate of drug-likeness (QED) is 0.414. The van der Waals surface area contributed by atoms with Gasteiger partial charge < -0.3 is 10.1 Å². The van der Waals surface area contributed by atoms with Crippen molar-refractivity contribution in [2.75, 3.05) is 12.4 Å². The minimum Gasteiger partial charge on any atom is -0.495 e. The summed E-state index contributed by atoms with van der Waals surface area (Å²) in [7, 11) is 1.54. The van der Waals surface area contributed by atoms with E-state index in [2.05, 4.69) is 15.4 Å². The number of anilines is 1. The van der Waals surface area contributed by atoms with E-state index < -0.39 is 5.91 Å². The molecule has 0 unspecified atom stereocenters. The Morgan fingerprint density at radius 3 is 2.58 bits per heavy atom. The highest BCUT2D eigenvalue weighted by molar-refractivity contribution is 6.31. The lowest BCUT2D eigenvalue weighted by Crippen LogP contribution is -2.15. The van der Waals surface area contributed by atoms with Gasteiger partial charge in [-0.2, -0.15) is 0 Å². The number of hydrogen-bond donors (Lipinski definition) is 1. The van der Waals surface area contributed by atoms with Gasteiger partial charge in [0.1, 0.15) is 5.75 Å². The van der Waals surface area contributed by atoms with Crippen molar-refractivity contribution in [3.63, 3.8) is 0 Å². The van der Waals surface area contributed by atoms with Gasteiger partial charge in [-0.15, -0.1) is 5.10 Å². The molecule has 8 heteroatoms. The number of benzene rings is 3. The Labute approximate surface area is 189 Å². The first kappa shape index (κ1) is 20.9. The van der Waals surface area contributed by atoms with Crippen molar-refractivity contribution in [3.05, 3.63) is 88.2 Å². The molecule has 0 aliphatic rings. The molecule has 4 aromatic rings. The molecule has 0 aliphatic heterocycles. The number of halogens is 2. The zero-order valence-electron chi connectivity index (χ0n) is 16.8. The molecule has 0 fully saturated rings. The van der Waals surface area contributed by atoms with Gasteiger partial charge in [0.25, 0.3) is 5.91 Å². The van der Waals surface area contributed by atoms with Gasteiger partial charge in [0.2, 0.25) is 5.82 Å². The summed E-state index contributed by atoms with van der Waals surface area (Å²) in [6.45, 7) is 1.88. The van der Waals surface area contributed by atoms with Crippen molar-refractivity contribution in [2.45, 2.75) is 6.92 Å². The molecule has 4 rings (SSSR count). The van der Waals surface area contributed by atoms with Crippen LogP contribution in [0.3, 0.4) is 0 Å². The van der Waals surface area contributed by atoms with Crippen LogP contribution in [-0.4, -0.2) is 27.8 Å². The Balaban J connectivity index is 1.81. The number of aromatic nitrogens is 3. The summed E-state index contributed by atoms with van der Waals surface area (Å²) in [5, 5.41) is 8.43. The molecule has 1 amide bonds. The Morgan fingerprint density at radius 1 is 1.03 bits per heavy atom. The molecule has 1 N–H and O–H groups in total. The molecule has 156 valence electrons. The number of methoxy groups -OCH3 is 1. The maximum absolute atomic E-state index is 13.0. The number of amides is 1. The van der Waals surface area contributed by atoms with Gasteiger partial charge in [-0.05, 0) is 48.9 Å². The first-order valence-corrected chi connectivity index (χ1v) is 10.2. The van der Waals surface area contributed by atoms with Gasteiger partial charge in [-0.25, -0.2) is 9.67 Å². The van der Waals surface area contributed by atoms with Crippen molar-refractivity contribution in [1.82, 2.24) is 14.8 Å². The van der Waals surface area contributed by atoms with E-state index >= 15 is 0 Å². The number of carbonyl (C=O) groups excluding carboxylic acids is 1. The van der Waals surface area contributed by atoms with Gasteiger partial charge in [-0.1, -0.05) is 53.5 Å². The van der Waals surface area contributed by atoms with Crippen LogP contribution >= 0.6 is 23.2 Å². The van der Waals surface area contributed by atoms with E-state index in [1.807, 2.05) is 37.3 Å². The van der Waals surface area contributed by atoms with E-state index in [0.29, 0.717) is 33.0 Å². The number of nitrogens with one attached hydrogen (secondary N) is 1. The molecule has 0 saturated heterocycles. The third-order valence-electron chi connectivity index (χ3n) is 4.72. The molecule has 3 aromatic carbocycles. The van der Waals surface area contributed by atoms with Crippen LogP contribution in [0.25, 0.3) is 17.1 Å². The summed E-state index contributed by atoms with van der Waals surface area (Å²) in [6, 6.07) is 19.8. The van der Waals surface area contributed by atoms with Crippen LogP contribution in [-0.2, 0) is 0 Å². The summed E-state index contributed by atoms with van der Waals surface area (Å²) in [5.41, 5.74) is 2.77. The number of carbonyl (C=O) groups is 1. The smallest absolute Gasteiger partial charge is 0.295 e. The standard InChI is InChI=1S/C23H18Cl2N4O2/c1-14-17(25)9-6-11-19(14)29-22(15-7-5-8-16(24)13-15)27-21(28-29)23(30)26-18-10-3-4-12-20(18)31-2/h3-13H,1-2H3,(H,26,30). The zero-order chi connectivity index (χ0) is 22.0. The van der Waals surface area contributed by atoms with Crippen LogP contribution in [0.5, 0.6) is 5.75 Å². The van der Waals surface area contributed by atoms with E-state index in [-0.39, 0.29) is 5.82 Å². The summed E-state index contributed by atoms with van der Waals surface area (Å²) in [5.74, 6) is 0.542. The fraction of sp³-hybridized carbons (Fsp3) is 0.0870. The SMILES string of the molecule is COc1ccccc1NC(=O)c1nc(-c2cccc(Cl)c2)n(-c2cccc(Cl)c2C)n1. The number of nitrogens with zero attached hydrogens (tertiary/aromatic N) is 3. The molecule has 0 saturated carbocycles. The van der Waals surface area contributed by atoms with Crippen molar-refractivity contribution in [3.8, 4) is 22.8 Å². The van der Waals surface area contributed by atoms with Gasteiger partial charge in [0, 0.05) is 15.6 Å².